The third kappa shape index (κ3) is 11.9. The number of rotatable bonds is 9. The van der Waals surface area contributed by atoms with E-state index in [1.807, 2.05) is 98.9 Å². The van der Waals surface area contributed by atoms with E-state index in [4.69, 9.17) is 25.7 Å². The highest BCUT2D eigenvalue weighted by Gasteiger charge is 2.33. The molecule has 0 bridgehead atoms. The van der Waals surface area contributed by atoms with Crippen molar-refractivity contribution in [2.75, 3.05) is 63.1 Å². The number of hydrogen-bond donors (Lipinski definition) is 6. The number of hydrogen-bond acceptors (Lipinski definition) is 12. The molecule has 0 spiro atoms. The van der Waals surface area contributed by atoms with E-state index in [0.717, 1.165) is 90.8 Å². The maximum atomic E-state index is 13.3. The quantitative estimate of drug-likeness (QED) is 0.0566. The Morgan fingerprint density at radius 1 is 0.957 bits per heavy atom. The van der Waals surface area contributed by atoms with Crippen LogP contribution < -0.4 is 21.2 Å². The Morgan fingerprint density at radius 3 is 2.25 bits per heavy atom. The number of likely N-dealkylation sites (tertiary alicyclic amines) is 1. The van der Waals surface area contributed by atoms with E-state index in [-0.39, 0.29) is 47.4 Å². The number of fused-ring (bicyclic) bond motifs is 3. The minimum atomic E-state index is -0.545. The van der Waals surface area contributed by atoms with Crippen LogP contribution in [0, 0.1) is 17.7 Å². The molecule has 2 amide bonds. The highest BCUT2D eigenvalue weighted by molar-refractivity contribution is 6.48. The molecule has 2 aromatic carbocycles. The molecule has 69 heavy (non-hydrogen) atoms. The molecule has 0 saturated carbocycles. The van der Waals surface area contributed by atoms with Gasteiger partial charge in [-0.1, -0.05) is 32.9 Å². The summed E-state index contributed by atoms with van der Waals surface area (Å²) in [5.74, 6) is -0.444. The molecule has 0 unspecified atom stereocenters. The highest BCUT2D eigenvalue weighted by Crippen LogP contribution is 2.38. The van der Waals surface area contributed by atoms with Crippen molar-refractivity contribution in [1.29, 1.82) is 10.8 Å². The number of phenols is 1. The smallest absolute Gasteiger partial charge is 0.328 e. The Balaban J connectivity index is 0.000000215. The molecule has 6 N–H and O–H groups in total. The van der Waals surface area contributed by atoms with Gasteiger partial charge in [-0.05, 0) is 105 Å². The summed E-state index contributed by atoms with van der Waals surface area (Å²) in [5.41, 5.74) is 9.25. The average Bonchev–Trinajstić information content (AvgIpc) is 3.61. The number of aryl methyl sites for hydroxylation is 1. The number of nitrogens with one attached hydrogen (secondary N) is 4. The van der Waals surface area contributed by atoms with Crippen LogP contribution >= 0.6 is 0 Å². The number of amides is 2. The van der Waals surface area contributed by atoms with Gasteiger partial charge in [0.1, 0.15) is 17.3 Å². The number of aromatic nitrogens is 4. The molecule has 0 atom stereocenters. The second-order valence-electron chi connectivity index (χ2n) is 17.8. The Labute approximate surface area is 403 Å². The largest absolute Gasteiger partial charge is 0.508 e. The number of piperazine rings is 1. The minimum absolute atomic E-state index is 0.00460. The molecule has 18 heteroatoms. The van der Waals surface area contributed by atoms with Gasteiger partial charge in [0.15, 0.2) is 5.84 Å². The van der Waals surface area contributed by atoms with Crippen molar-refractivity contribution in [3.8, 4) is 28.4 Å². The van der Waals surface area contributed by atoms with Crippen LogP contribution in [0.2, 0.25) is 0 Å². The molecule has 5 aromatic rings. The molecule has 18 nitrogen and oxygen atoms in total. The van der Waals surface area contributed by atoms with Crippen molar-refractivity contribution < 1.29 is 24.6 Å². The second kappa shape index (κ2) is 23.2. The lowest BCUT2D eigenvalue weighted by atomic mass is 9.98. The second-order valence-corrected chi connectivity index (χ2v) is 17.8. The van der Waals surface area contributed by atoms with E-state index < -0.39 is 5.91 Å². The summed E-state index contributed by atoms with van der Waals surface area (Å²) in [7, 11) is 3.96. The predicted octanol–water partition coefficient (Wildman–Crippen LogP) is 6.03. The lowest BCUT2D eigenvalue weighted by Crippen LogP contribution is -2.46. The van der Waals surface area contributed by atoms with E-state index in [9.17, 15) is 19.5 Å². The van der Waals surface area contributed by atoms with Crippen LogP contribution in [0.3, 0.4) is 0 Å². The average molecular weight is 943 g/mol. The summed E-state index contributed by atoms with van der Waals surface area (Å²) in [6.45, 7) is 16.7. The van der Waals surface area contributed by atoms with Crippen LogP contribution in [-0.4, -0.2) is 127 Å². The Hall–Kier alpha value is -7.18. The molecule has 0 aliphatic carbocycles. The fourth-order valence-electron chi connectivity index (χ4n) is 8.82. The summed E-state index contributed by atoms with van der Waals surface area (Å²) in [5, 5.41) is 40.6. The van der Waals surface area contributed by atoms with Crippen LogP contribution in [0.15, 0.2) is 77.7 Å². The minimum Gasteiger partial charge on any atom is -0.508 e. The Bertz CT molecular complexity index is 2680. The number of likely N-dealkylation sites (N-methyl/N-ethyl adjacent to an activating group) is 2. The standard InChI is InChI=1S/C26H36N6O2.C24H28N6O2.CH2O2/c1-5-29-26(34)25(28)32(24(27)20-8-11-23(33)22(16-20)18(2)3)21-9-6-19(7-10-21)17-31-14-12-30(4)13-15-31;1-4-21(31)29-11-9-17(10-12-29)30-23-20(28(3)24(30)32)14-26-19-8-7-18(27-22(19)23)16-6-5-15(2)25-13-16;2-1-3/h6-11,16,18,27-28,33H,5,12-15,17H2,1-4H3,(H,29,34);5-8,13,17,26H,4,9-12,14H2,1-3H3;1H,(H,2,3). The zero-order valence-corrected chi connectivity index (χ0v) is 40.8. The maximum Gasteiger partial charge on any atom is 0.328 e. The Kier molecular flexibility index (Phi) is 17.2. The first-order chi connectivity index (χ1) is 33.1. The summed E-state index contributed by atoms with van der Waals surface area (Å²) >= 11 is 0. The predicted molar refractivity (Wildman–Crippen MR) is 269 cm³/mol. The third-order valence-electron chi connectivity index (χ3n) is 12.8. The van der Waals surface area contributed by atoms with Crippen LogP contribution in [0.4, 0.5) is 11.4 Å². The van der Waals surface area contributed by atoms with E-state index in [0.29, 0.717) is 49.4 Å². The fourth-order valence-corrected chi connectivity index (χ4v) is 8.82. The monoisotopic (exact) mass is 943 g/mol. The first-order valence-electron chi connectivity index (χ1n) is 23.5. The number of phenolic OH excluding ortho intramolecular Hbond substituents is 1. The van der Waals surface area contributed by atoms with Gasteiger partial charge >= 0.3 is 5.69 Å². The van der Waals surface area contributed by atoms with E-state index in [1.165, 1.54) is 4.90 Å². The van der Waals surface area contributed by atoms with Gasteiger partial charge in [0.25, 0.3) is 12.4 Å². The van der Waals surface area contributed by atoms with Gasteiger partial charge in [0.05, 0.1) is 29.3 Å². The summed E-state index contributed by atoms with van der Waals surface area (Å²) in [6.07, 6.45) is 3.89. The molecule has 3 aliphatic heterocycles. The molecule has 3 aromatic heterocycles. The summed E-state index contributed by atoms with van der Waals surface area (Å²) < 4.78 is 3.66. The van der Waals surface area contributed by atoms with E-state index >= 15 is 0 Å². The first-order valence-corrected chi connectivity index (χ1v) is 23.5. The SMILES string of the molecule is CCC(=O)N1CCC(n2c3c(n(C)c2=O)CNc2ccc(-c4ccc(C)nc4)nc2-3)CC1.CCNC(=O)C(=N)N(C(=N)c1ccc(O)c(C(C)C)c1)c1ccc(CN2CCN(C)CC2)cc1.O=CO. The summed E-state index contributed by atoms with van der Waals surface area (Å²) in [4.78, 5) is 63.7. The number of piperidine rings is 1. The number of nitrogens with zero attached hydrogens (tertiary/aromatic N) is 8. The lowest BCUT2D eigenvalue weighted by Gasteiger charge is -2.33. The van der Waals surface area contributed by atoms with Crippen molar-refractivity contribution in [2.45, 2.75) is 78.9 Å². The van der Waals surface area contributed by atoms with Gasteiger partial charge in [0.2, 0.25) is 5.91 Å². The van der Waals surface area contributed by atoms with Gasteiger partial charge < -0.3 is 30.6 Å². The molecular weight excluding hydrogens is 877 g/mol. The number of carbonyl (C=O) groups excluding carboxylic acids is 2. The zero-order chi connectivity index (χ0) is 49.9. The number of benzene rings is 2. The number of amidine groups is 2. The molecule has 2 saturated heterocycles. The number of pyridine rings is 2. The zero-order valence-electron chi connectivity index (χ0n) is 40.8. The van der Waals surface area contributed by atoms with Crippen LogP contribution in [0.5, 0.6) is 5.75 Å². The Morgan fingerprint density at radius 2 is 1.64 bits per heavy atom. The van der Waals surface area contributed by atoms with Crippen molar-refractivity contribution in [2.24, 2.45) is 7.05 Å². The number of aromatic hydroxyl groups is 1. The third-order valence-corrected chi connectivity index (χ3v) is 12.8. The molecule has 2 fully saturated rings. The topological polar surface area (TPSA) is 229 Å². The number of imidazole rings is 1. The maximum absolute atomic E-state index is 13.3. The van der Waals surface area contributed by atoms with Crippen LogP contribution in [0.25, 0.3) is 22.6 Å². The molecule has 8 rings (SSSR count). The molecule has 3 aliphatic rings. The molecule has 366 valence electrons. The van der Waals surface area contributed by atoms with Gasteiger partial charge in [-0.15, -0.1) is 0 Å². The normalized spacial score (nSPS) is 14.8. The van der Waals surface area contributed by atoms with Gasteiger partial charge in [-0.2, -0.15) is 0 Å². The van der Waals surface area contributed by atoms with Gasteiger partial charge in [0, 0.05) is 101 Å². The number of anilines is 2. The number of carboxylic acid groups (broad SMARTS) is 1. The molecular formula is C51H66N12O6. The van der Waals surface area contributed by atoms with Crippen molar-refractivity contribution in [3.63, 3.8) is 0 Å². The first kappa shape index (κ1) is 51.2. The van der Waals surface area contributed by atoms with Crippen LogP contribution in [0.1, 0.15) is 87.0 Å². The number of carbonyl (C=O) groups is 3. The molecule has 6 heterocycles. The molecule has 0 radical (unpaired) electrons. The van der Waals surface area contributed by atoms with Crippen molar-refractivity contribution in [3.05, 3.63) is 111 Å². The van der Waals surface area contributed by atoms with E-state index in [1.54, 1.807) is 29.7 Å². The van der Waals surface area contributed by atoms with Crippen molar-refractivity contribution in [1.82, 2.24) is 39.1 Å². The summed E-state index contributed by atoms with van der Waals surface area (Å²) in [6, 6.07) is 20.7. The van der Waals surface area contributed by atoms with E-state index in [2.05, 4.69) is 32.5 Å². The van der Waals surface area contributed by atoms with Crippen LogP contribution in [-0.2, 0) is 34.5 Å². The highest BCUT2D eigenvalue weighted by atomic mass is 16.3. The van der Waals surface area contributed by atoms with Gasteiger partial charge in [-0.3, -0.25) is 49.1 Å². The fraction of sp³-hybridized carbons (Fsp3) is 0.412. The lowest BCUT2D eigenvalue weighted by molar-refractivity contribution is -0.132. The van der Waals surface area contributed by atoms with Crippen molar-refractivity contribution >= 4 is 41.3 Å². The van der Waals surface area contributed by atoms with Gasteiger partial charge in [-0.25, -0.2) is 9.78 Å².